The minimum atomic E-state index is -0.983. The van der Waals surface area contributed by atoms with Gasteiger partial charge in [0.25, 0.3) is 0 Å². The molecule has 0 bridgehead atoms. The fraction of sp³-hybridized carbons (Fsp3) is 0.318. The van der Waals surface area contributed by atoms with Crippen LogP contribution in [0.5, 0.6) is 0 Å². The van der Waals surface area contributed by atoms with Crippen molar-refractivity contribution in [3.8, 4) is 0 Å². The number of nitrogens with zero attached hydrogens (tertiary/aromatic N) is 1. The third-order valence-electron chi connectivity index (χ3n) is 4.64. The molecule has 0 heterocycles. The fourth-order valence-electron chi connectivity index (χ4n) is 2.93. The van der Waals surface area contributed by atoms with Crippen LogP contribution in [0, 0.1) is 5.92 Å². The predicted molar refractivity (Wildman–Crippen MR) is 106 cm³/mol. The van der Waals surface area contributed by atoms with Crippen molar-refractivity contribution < 1.29 is 19.5 Å². The first kappa shape index (κ1) is 21.2. The average molecular weight is 382 g/mol. The molecule has 148 valence electrons. The first-order valence-electron chi connectivity index (χ1n) is 9.25. The lowest BCUT2D eigenvalue weighted by Crippen LogP contribution is -2.38. The highest BCUT2D eigenvalue weighted by Crippen LogP contribution is 2.22. The van der Waals surface area contributed by atoms with Gasteiger partial charge in [-0.3, -0.25) is 14.4 Å². The van der Waals surface area contributed by atoms with E-state index in [1.54, 1.807) is 36.1 Å². The largest absolute Gasteiger partial charge is 0.481 e. The van der Waals surface area contributed by atoms with E-state index in [2.05, 4.69) is 5.32 Å². The summed E-state index contributed by atoms with van der Waals surface area (Å²) in [5, 5.41) is 12.2. The van der Waals surface area contributed by atoms with E-state index >= 15 is 0 Å². The molecule has 6 nitrogen and oxygen atoms in total. The van der Waals surface area contributed by atoms with E-state index in [0.29, 0.717) is 6.54 Å². The summed E-state index contributed by atoms with van der Waals surface area (Å²) >= 11 is 0. The number of carboxylic acids is 1. The third-order valence-corrected chi connectivity index (χ3v) is 4.64. The van der Waals surface area contributed by atoms with Gasteiger partial charge in [0.05, 0.1) is 12.0 Å². The molecule has 28 heavy (non-hydrogen) atoms. The summed E-state index contributed by atoms with van der Waals surface area (Å²) in [5.74, 6) is -2.17. The van der Waals surface area contributed by atoms with E-state index < -0.39 is 17.9 Å². The average Bonchev–Trinajstić information content (AvgIpc) is 2.70. The Labute approximate surface area is 165 Å². The predicted octanol–water partition coefficient (Wildman–Crippen LogP) is 3.00. The SMILES string of the molecule is CC(=O)N(CCC(=O)NC(c1ccccc1)C(C)C(=O)O)Cc1ccccc1. The number of carbonyl (C=O) groups is 3. The molecule has 0 aliphatic rings. The van der Waals surface area contributed by atoms with Crippen molar-refractivity contribution in [2.24, 2.45) is 5.92 Å². The van der Waals surface area contributed by atoms with Gasteiger partial charge in [-0.15, -0.1) is 0 Å². The summed E-state index contributed by atoms with van der Waals surface area (Å²) in [4.78, 5) is 37.5. The number of carbonyl (C=O) groups excluding carboxylic acids is 2. The Morgan fingerprint density at radius 1 is 1.00 bits per heavy atom. The molecule has 6 heteroatoms. The smallest absolute Gasteiger partial charge is 0.308 e. The number of hydrogen-bond donors (Lipinski definition) is 2. The van der Waals surface area contributed by atoms with Crippen LogP contribution < -0.4 is 5.32 Å². The minimum absolute atomic E-state index is 0.0993. The zero-order chi connectivity index (χ0) is 20.5. The summed E-state index contributed by atoms with van der Waals surface area (Å²) in [6.45, 7) is 3.73. The number of aliphatic carboxylic acids is 1. The Balaban J connectivity index is 2.01. The van der Waals surface area contributed by atoms with Crippen LogP contribution in [0.1, 0.15) is 37.4 Å². The molecule has 0 saturated heterocycles. The van der Waals surface area contributed by atoms with E-state index in [-0.39, 0.29) is 24.8 Å². The molecule has 0 fully saturated rings. The van der Waals surface area contributed by atoms with Crippen LogP contribution in [0.2, 0.25) is 0 Å². The quantitative estimate of drug-likeness (QED) is 0.698. The summed E-state index contributed by atoms with van der Waals surface area (Å²) in [6, 6.07) is 18.0. The Bertz CT molecular complexity index is 793. The highest BCUT2D eigenvalue weighted by Gasteiger charge is 2.26. The van der Waals surface area contributed by atoms with Crippen molar-refractivity contribution in [1.29, 1.82) is 0 Å². The fourth-order valence-corrected chi connectivity index (χ4v) is 2.93. The maximum atomic E-state index is 12.5. The molecule has 0 aromatic heterocycles. The van der Waals surface area contributed by atoms with Gasteiger partial charge in [-0.25, -0.2) is 0 Å². The van der Waals surface area contributed by atoms with Crippen LogP contribution in [0.3, 0.4) is 0 Å². The molecule has 2 N–H and O–H groups in total. The van der Waals surface area contributed by atoms with Crippen molar-refractivity contribution in [2.45, 2.75) is 32.9 Å². The van der Waals surface area contributed by atoms with Gasteiger partial charge >= 0.3 is 5.97 Å². The van der Waals surface area contributed by atoms with Crippen molar-refractivity contribution >= 4 is 17.8 Å². The summed E-state index contributed by atoms with van der Waals surface area (Å²) in [5.41, 5.74) is 1.72. The molecule has 2 amide bonds. The molecule has 0 saturated carbocycles. The van der Waals surface area contributed by atoms with Gasteiger partial charge in [-0.05, 0) is 18.1 Å². The monoisotopic (exact) mass is 382 g/mol. The van der Waals surface area contributed by atoms with Gasteiger partial charge in [0.15, 0.2) is 0 Å². The molecule has 0 radical (unpaired) electrons. The zero-order valence-corrected chi connectivity index (χ0v) is 16.2. The summed E-state index contributed by atoms with van der Waals surface area (Å²) in [7, 11) is 0. The van der Waals surface area contributed by atoms with Crippen LogP contribution in [0.25, 0.3) is 0 Å². The second kappa shape index (κ2) is 10.3. The molecular weight excluding hydrogens is 356 g/mol. The molecule has 2 aromatic carbocycles. The van der Waals surface area contributed by atoms with Crippen LogP contribution in [-0.2, 0) is 20.9 Å². The van der Waals surface area contributed by atoms with Crippen molar-refractivity contribution in [3.63, 3.8) is 0 Å². The van der Waals surface area contributed by atoms with Gasteiger partial charge in [0, 0.05) is 26.4 Å². The molecule has 2 unspecified atom stereocenters. The van der Waals surface area contributed by atoms with Crippen LogP contribution in [0.4, 0.5) is 0 Å². The number of hydrogen-bond acceptors (Lipinski definition) is 3. The molecule has 0 spiro atoms. The Morgan fingerprint density at radius 2 is 1.57 bits per heavy atom. The molecule has 2 aromatic rings. The normalized spacial score (nSPS) is 12.6. The summed E-state index contributed by atoms with van der Waals surface area (Å²) in [6.07, 6.45) is 0.0993. The van der Waals surface area contributed by atoms with Crippen molar-refractivity contribution in [3.05, 3.63) is 71.8 Å². The van der Waals surface area contributed by atoms with Gasteiger partial charge in [-0.2, -0.15) is 0 Å². The second-order valence-corrected chi connectivity index (χ2v) is 6.76. The topological polar surface area (TPSA) is 86.7 Å². The van der Waals surface area contributed by atoms with Gasteiger partial charge in [0.1, 0.15) is 0 Å². The van der Waals surface area contributed by atoms with E-state index in [1.807, 2.05) is 36.4 Å². The Morgan fingerprint density at radius 3 is 2.11 bits per heavy atom. The molecule has 0 aliphatic heterocycles. The lowest BCUT2D eigenvalue weighted by molar-refractivity contribution is -0.142. The van der Waals surface area contributed by atoms with Crippen molar-refractivity contribution in [2.75, 3.05) is 6.54 Å². The molecular formula is C22H26N2O4. The highest BCUT2D eigenvalue weighted by atomic mass is 16.4. The molecule has 0 aliphatic carbocycles. The number of carboxylic acid groups (broad SMARTS) is 1. The van der Waals surface area contributed by atoms with E-state index in [0.717, 1.165) is 11.1 Å². The molecule has 2 rings (SSSR count). The summed E-state index contributed by atoms with van der Waals surface area (Å²) < 4.78 is 0. The van der Waals surface area contributed by atoms with Crippen molar-refractivity contribution in [1.82, 2.24) is 10.2 Å². The number of benzene rings is 2. The highest BCUT2D eigenvalue weighted by molar-refractivity contribution is 5.79. The van der Waals surface area contributed by atoms with Gasteiger partial charge in [-0.1, -0.05) is 60.7 Å². The molecule has 2 atom stereocenters. The minimum Gasteiger partial charge on any atom is -0.481 e. The van der Waals surface area contributed by atoms with Crippen LogP contribution in [0.15, 0.2) is 60.7 Å². The zero-order valence-electron chi connectivity index (χ0n) is 16.2. The van der Waals surface area contributed by atoms with Crippen LogP contribution >= 0.6 is 0 Å². The van der Waals surface area contributed by atoms with E-state index in [4.69, 9.17) is 0 Å². The van der Waals surface area contributed by atoms with Gasteiger partial charge in [0.2, 0.25) is 11.8 Å². The first-order chi connectivity index (χ1) is 13.4. The lowest BCUT2D eigenvalue weighted by atomic mass is 9.94. The van der Waals surface area contributed by atoms with Crippen LogP contribution in [-0.4, -0.2) is 34.3 Å². The standard InChI is InChI=1S/C22H26N2O4/c1-16(22(27)28)21(19-11-7-4-8-12-19)23-20(26)13-14-24(17(2)25)15-18-9-5-3-6-10-18/h3-12,16,21H,13-15H2,1-2H3,(H,23,26)(H,27,28). The lowest BCUT2D eigenvalue weighted by Gasteiger charge is -2.25. The Hall–Kier alpha value is -3.15. The van der Waals surface area contributed by atoms with Gasteiger partial charge < -0.3 is 15.3 Å². The number of amides is 2. The number of rotatable bonds is 9. The maximum absolute atomic E-state index is 12.5. The maximum Gasteiger partial charge on any atom is 0.308 e. The van der Waals surface area contributed by atoms with E-state index in [9.17, 15) is 19.5 Å². The number of nitrogens with one attached hydrogen (secondary N) is 1. The van der Waals surface area contributed by atoms with E-state index in [1.165, 1.54) is 6.92 Å². The third kappa shape index (κ3) is 6.23. The first-order valence-corrected chi connectivity index (χ1v) is 9.25. The Kier molecular flexibility index (Phi) is 7.75. The second-order valence-electron chi connectivity index (χ2n) is 6.76.